The molecule has 0 spiro atoms. The van der Waals surface area contributed by atoms with Crippen LogP contribution in [0.4, 0.5) is 5.82 Å². The van der Waals surface area contributed by atoms with Crippen LogP contribution >= 0.6 is 0 Å². The van der Waals surface area contributed by atoms with Crippen LogP contribution in [0, 0.1) is 18.3 Å². The molecule has 7 heteroatoms. The van der Waals surface area contributed by atoms with Crippen molar-refractivity contribution in [1.29, 1.82) is 0 Å². The molecular weight excluding hydrogens is 328 g/mol. The van der Waals surface area contributed by atoms with Gasteiger partial charge in [0.15, 0.2) is 0 Å². The molecule has 0 N–H and O–H groups in total. The van der Waals surface area contributed by atoms with E-state index in [0.717, 1.165) is 37.7 Å². The van der Waals surface area contributed by atoms with Crippen LogP contribution in [0.1, 0.15) is 45.2 Å². The number of anilines is 1. The van der Waals surface area contributed by atoms with Crippen molar-refractivity contribution in [2.75, 3.05) is 31.1 Å². The zero-order valence-corrected chi connectivity index (χ0v) is 16.0. The molecule has 3 heterocycles. The van der Waals surface area contributed by atoms with E-state index in [-0.39, 0.29) is 5.41 Å². The fourth-order valence-electron chi connectivity index (χ4n) is 4.50. The number of amides is 1. The Morgan fingerprint density at radius 1 is 1.15 bits per heavy atom. The number of hydrogen-bond donors (Lipinski definition) is 0. The van der Waals surface area contributed by atoms with E-state index in [1.54, 1.807) is 4.52 Å². The SMILES string of the molecule is Cc1cc(N2CCN(C(=O)C(C)(C)C3CCCC3)CC2)n2ncnc2n1. The summed E-state index contributed by atoms with van der Waals surface area (Å²) in [6, 6.07) is 2.04. The highest BCUT2D eigenvalue weighted by Gasteiger charge is 2.41. The highest BCUT2D eigenvalue weighted by molar-refractivity contribution is 5.82. The van der Waals surface area contributed by atoms with Crippen LogP contribution in [-0.2, 0) is 4.79 Å². The minimum atomic E-state index is -0.245. The van der Waals surface area contributed by atoms with E-state index in [9.17, 15) is 4.79 Å². The van der Waals surface area contributed by atoms with Crippen molar-refractivity contribution in [1.82, 2.24) is 24.5 Å². The van der Waals surface area contributed by atoms with Crippen LogP contribution in [-0.4, -0.2) is 56.6 Å². The summed E-state index contributed by atoms with van der Waals surface area (Å²) in [6.45, 7) is 9.39. The molecule has 26 heavy (non-hydrogen) atoms. The summed E-state index contributed by atoms with van der Waals surface area (Å²) >= 11 is 0. The first-order valence-corrected chi connectivity index (χ1v) is 9.68. The van der Waals surface area contributed by atoms with Crippen molar-refractivity contribution in [3.05, 3.63) is 18.1 Å². The Hall–Kier alpha value is -2.18. The van der Waals surface area contributed by atoms with Crippen molar-refractivity contribution in [2.24, 2.45) is 11.3 Å². The molecular formula is C19H28N6O. The molecule has 1 saturated heterocycles. The van der Waals surface area contributed by atoms with E-state index < -0.39 is 0 Å². The van der Waals surface area contributed by atoms with E-state index in [1.807, 2.05) is 13.0 Å². The molecule has 2 aliphatic rings. The molecule has 1 saturated carbocycles. The quantitative estimate of drug-likeness (QED) is 0.844. The van der Waals surface area contributed by atoms with Gasteiger partial charge in [-0.15, -0.1) is 0 Å². The molecule has 7 nitrogen and oxygen atoms in total. The van der Waals surface area contributed by atoms with Gasteiger partial charge in [0, 0.05) is 43.4 Å². The molecule has 2 aromatic rings. The van der Waals surface area contributed by atoms with E-state index in [2.05, 4.69) is 38.7 Å². The lowest BCUT2D eigenvalue weighted by molar-refractivity contribution is -0.143. The highest BCUT2D eigenvalue weighted by Crippen LogP contribution is 2.41. The van der Waals surface area contributed by atoms with Gasteiger partial charge < -0.3 is 9.80 Å². The van der Waals surface area contributed by atoms with Crippen LogP contribution in [0.15, 0.2) is 12.4 Å². The Balaban J connectivity index is 1.47. The molecule has 140 valence electrons. The zero-order chi connectivity index (χ0) is 18.3. The van der Waals surface area contributed by atoms with Crippen molar-refractivity contribution in [3.8, 4) is 0 Å². The molecule has 0 radical (unpaired) electrons. The third kappa shape index (κ3) is 2.93. The van der Waals surface area contributed by atoms with Gasteiger partial charge in [0.2, 0.25) is 5.91 Å². The van der Waals surface area contributed by atoms with Gasteiger partial charge in [0.1, 0.15) is 12.1 Å². The first-order valence-electron chi connectivity index (χ1n) is 9.68. The predicted molar refractivity (Wildman–Crippen MR) is 100 cm³/mol. The molecule has 1 amide bonds. The van der Waals surface area contributed by atoms with Gasteiger partial charge >= 0.3 is 0 Å². The first kappa shape index (κ1) is 17.2. The molecule has 0 bridgehead atoms. The number of hydrogen-bond acceptors (Lipinski definition) is 5. The van der Waals surface area contributed by atoms with Crippen LogP contribution < -0.4 is 4.90 Å². The van der Waals surface area contributed by atoms with Crippen LogP contribution in [0.3, 0.4) is 0 Å². The van der Waals surface area contributed by atoms with Gasteiger partial charge in [-0.25, -0.2) is 4.98 Å². The standard InChI is InChI=1S/C19H28N6O/c1-14-12-16(25-18(22-14)20-13-21-25)23-8-10-24(11-9-23)17(26)19(2,3)15-6-4-5-7-15/h12-13,15H,4-11H2,1-3H3. The van der Waals surface area contributed by atoms with Crippen molar-refractivity contribution in [3.63, 3.8) is 0 Å². The fourth-order valence-corrected chi connectivity index (χ4v) is 4.50. The Kier molecular flexibility index (Phi) is 4.32. The van der Waals surface area contributed by atoms with E-state index in [4.69, 9.17) is 0 Å². The summed E-state index contributed by atoms with van der Waals surface area (Å²) < 4.78 is 1.78. The fraction of sp³-hybridized carbons (Fsp3) is 0.684. The first-order chi connectivity index (χ1) is 12.5. The second kappa shape index (κ2) is 6.52. The summed E-state index contributed by atoms with van der Waals surface area (Å²) in [5.74, 6) is 2.49. The molecule has 2 fully saturated rings. The van der Waals surface area contributed by atoms with Crippen molar-refractivity contribution >= 4 is 17.5 Å². The summed E-state index contributed by atoms with van der Waals surface area (Å²) in [7, 11) is 0. The third-order valence-electron chi connectivity index (χ3n) is 6.18. The largest absolute Gasteiger partial charge is 0.353 e. The third-order valence-corrected chi connectivity index (χ3v) is 6.18. The summed E-state index contributed by atoms with van der Waals surface area (Å²) in [4.78, 5) is 26.1. The molecule has 4 rings (SSSR count). The van der Waals surface area contributed by atoms with Crippen LogP contribution in [0.5, 0.6) is 0 Å². The maximum Gasteiger partial charge on any atom is 0.254 e. The number of aryl methyl sites for hydroxylation is 1. The minimum Gasteiger partial charge on any atom is -0.353 e. The smallest absolute Gasteiger partial charge is 0.254 e. The van der Waals surface area contributed by atoms with Gasteiger partial charge in [-0.2, -0.15) is 14.6 Å². The molecule has 1 aliphatic heterocycles. The topological polar surface area (TPSA) is 66.6 Å². The summed E-state index contributed by atoms with van der Waals surface area (Å²) in [6.07, 6.45) is 6.46. The summed E-state index contributed by atoms with van der Waals surface area (Å²) in [5.41, 5.74) is 0.687. The average Bonchev–Trinajstić information content (AvgIpc) is 3.32. The van der Waals surface area contributed by atoms with Gasteiger partial charge in [-0.1, -0.05) is 26.7 Å². The summed E-state index contributed by atoms with van der Waals surface area (Å²) in [5, 5.41) is 4.30. The zero-order valence-electron chi connectivity index (χ0n) is 16.0. The molecule has 0 atom stereocenters. The number of carbonyl (C=O) groups excluding carboxylic acids is 1. The Morgan fingerprint density at radius 3 is 2.54 bits per heavy atom. The molecule has 0 unspecified atom stereocenters. The lowest BCUT2D eigenvalue weighted by Crippen LogP contribution is -2.53. The van der Waals surface area contributed by atoms with E-state index in [1.165, 1.54) is 32.0 Å². The van der Waals surface area contributed by atoms with Crippen LogP contribution in [0.2, 0.25) is 0 Å². The van der Waals surface area contributed by atoms with Gasteiger partial charge in [-0.05, 0) is 25.7 Å². The predicted octanol–water partition coefficient (Wildman–Crippen LogP) is 2.30. The second-order valence-corrected chi connectivity index (χ2v) is 8.21. The Bertz CT molecular complexity index is 799. The monoisotopic (exact) mass is 356 g/mol. The number of nitrogens with zero attached hydrogens (tertiary/aromatic N) is 6. The maximum atomic E-state index is 13.1. The lowest BCUT2D eigenvalue weighted by Gasteiger charge is -2.41. The van der Waals surface area contributed by atoms with E-state index in [0.29, 0.717) is 17.6 Å². The normalized spacial score (nSPS) is 19.5. The number of fused-ring (bicyclic) bond motifs is 1. The Labute approximate surface area is 154 Å². The van der Waals surface area contributed by atoms with Crippen molar-refractivity contribution in [2.45, 2.75) is 46.5 Å². The number of carbonyl (C=O) groups is 1. The maximum absolute atomic E-state index is 13.1. The average molecular weight is 356 g/mol. The number of piperazine rings is 1. The molecule has 2 aromatic heterocycles. The van der Waals surface area contributed by atoms with Gasteiger partial charge in [0.25, 0.3) is 5.78 Å². The Morgan fingerprint density at radius 2 is 1.85 bits per heavy atom. The van der Waals surface area contributed by atoms with Gasteiger partial charge in [0.05, 0.1) is 0 Å². The van der Waals surface area contributed by atoms with Gasteiger partial charge in [-0.3, -0.25) is 4.79 Å². The van der Waals surface area contributed by atoms with Crippen molar-refractivity contribution < 1.29 is 4.79 Å². The number of aromatic nitrogens is 4. The minimum absolute atomic E-state index is 0.245. The highest BCUT2D eigenvalue weighted by atomic mass is 16.2. The number of rotatable bonds is 3. The molecule has 0 aromatic carbocycles. The second-order valence-electron chi connectivity index (χ2n) is 8.21. The van der Waals surface area contributed by atoms with Crippen LogP contribution in [0.25, 0.3) is 5.78 Å². The van der Waals surface area contributed by atoms with E-state index >= 15 is 0 Å². The lowest BCUT2D eigenvalue weighted by atomic mass is 9.76. The molecule has 1 aliphatic carbocycles.